The van der Waals surface area contributed by atoms with Gasteiger partial charge in [-0.05, 0) is 42.2 Å². The minimum atomic E-state index is -3.56. The van der Waals surface area contributed by atoms with Gasteiger partial charge in [0, 0.05) is 11.0 Å². The number of benzene rings is 2. The summed E-state index contributed by atoms with van der Waals surface area (Å²) < 4.78 is 26.2. The summed E-state index contributed by atoms with van der Waals surface area (Å²) in [4.78, 5) is 12.4. The van der Waals surface area contributed by atoms with E-state index in [2.05, 4.69) is 40.3 Å². The van der Waals surface area contributed by atoms with Crippen molar-refractivity contribution in [3.05, 3.63) is 64.6 Å². The third-order valence-electron chi connectivity index (χ3n) is 4.33. The largest absolute Gasteiger partial charge is 0.354 e. The monoisotopic (exact) mass is 452 g/mol. The third-order valence-corrected chi connectivity index (χ3v) is 6.00. The number of rotatable bonds is 9. The third kappa shape index (κ3) is 6.99. The van der Waals surface area contributed by atoms with Crippen molar-refractivity contribution >= 4 is 37.5 Å². The number of carbonyl (C=O) groups excluding carboxylic acids is 1. The van der Waals surface area contributed by atoms with Crippen LogP contribution in [0.5, 0.6) is 0 Å². The van der Waals surface area contributed by atoms with E-state index in [1.54, 1.807) is 24.3 Å². The first-order valence-corrected chi connectivity index (χ1v) is 11.5. The SMILES string of the molecule is CCC(CNC(=O)CN(c1ccc(Br)cc1)S(C)(=O)=O)Cc1ccccc1. The van der Waals surface area contributed by atoms with Crippen LogP contribution >= 0.6 is 15.9 Å². The highest BCUT2D eigenvalue weighted by Crippen LogP contribution is 2.20. The second kappa shape index (κ2) is 9.90. The van der Waals surface area contributed by atoms with Crippen LogP contribution in [-0.4, -0.2) is 33.7 Å². The van der Waals surface area contributed by atoms with E-state index in [0.29, 0.717) is 18.2 Å². The molecule has 0 radical (unpaired) electrons. The Labute approximate surface area is 170 Å². The van der Waals surface area contributed by atoms with Gasteiger partial charge in [-0.3, -0.25) is 9.10 Å². The molecule has 1 atom stereocenters. The molecule has 0 saturated carbocycles. The van der Waals surface area contributed by atoms with Crippen molar-refractivity contribution in [1.82, 2.24) is 5.32 Å². The van der Waals surface area contributed by atoms with Gasteiger partial charge in [0.1, 0.15) is 6.54 Å². The molecular weight excluding hydrogens is 428 g/mol. The van der Waals surface area contributed by atoms with E-state index in [0.717, 1.165) is 27.9 Å². The van der Waals surface area contributed by atoms with E-state index in [-0.39, 0.29) is 12.5 Å². The molecular formula is C20H25BrN2O3S. The van der Waals surface area contributed by atoms with Gasteiger partial charge in [0.25, 0.3) is 0 Å². The molecule has 0 aliphatic rings. The van der Waals surface area contributed by atoms with Crippen LogP contribution in [0.1, 0.15) is 18.9 Å². The van der Waals surface area contributed by atoms with Gasteiger partial charge in [-0.15, -0.1) is 0 Å². The van der Waals surface area contributed by atoms with Crippen molar-refractivity contribution in [2.24, 2.45) is 5.92 Å². The lowest BCUT2D eigenvalue weighted by Gasteiger charge is -2.23. The van der Waals surface area contributed by atoms with Crippen LogP contribution in [0, 0.1) is 5.92 Å². The standard InChI is InChI=1S/C20H25BrN2O3S/c1-3-16(13-17-7-5-4-6-8-17)14-22-20(24)15-23(27(2,25)26)19-11-9-18(21)10-12-19/h4-12,16H,3,13-15H2,1-2H3,(H,22,24). The van der Waals surface area contributed by atoms with Crippen LogP contribution in [0.25, 0.3) is 0 Å². The first-order valence-electron chi connectivity index (χ1n) is 8.83. The highest BCUT2D eigenvalue weighted by atomic mass is 79.9. The van der Waals surface area contributed by atoms with Crippen LogP contribution in [0.15, 0.2) is 59.1 Å². The summed E-state index contributed by atoms with van der Waals surface area (Å²) in [6, 6.07) is 17.0. The topological polar surface area (TPSA) is 66.5 Å². The second-order valence-electron chi connectivity index (χ2n) is 6.51. The summed E-state index contributed by atoms with van der Waals surface area (Å²) in [6.07, 6.45) is 2.91. The fraction of sp³-hybridized carbons (Fsp3) is 0.350. The van der Waals surface area contributed by atoms with Gasteiger partial charge >= 0.3 is 0 Å². The summed E-state index contributed by atoms with van der Waals surface area (Å²) in [5.74, 6) is -0.00873. The number of halogens is 1. The van der Waals surface area contributed by atoms with Crippen LogP contribution in [0.4, 0.5) is 5.69 Å². The Kier molecular flexibility index (Phi) is 7.86. The first-order chi connectivity index (χ1) is 12.8. The quantitative estimate of drug-likeness (QED) is 0.631. The lowest BCUT2D eigenvalue weighted by molar-refractivity contribution is -0.119. The summed E-state index contributed by atoms with van der Waals surface area (Å²) in [6.45, 7) is 2.37. The van der Waals surface area contributed by atoms with E-state index in [9.17, 15) is 13.2 Å². The molecule has 27 heavy (non-hydrogen) atoms. The number of anilines is 1. The number of carbonyl (C=O) groups is 1. The maximum Gasteiger partial charge on any atom is 0.240 e. The molecule has 7 heteroatoms. The van der Waals surface area contributed by atoms with Crippen LogP contribution in [-0.2, 0) is 21.2 Å². The van der Waals surface area contributed by atoms with Crippen molar-refractivity contribution in [1.29, 1.82) is 0 Å². The normalized spacial score (nSPS) is 12.4. The Balaban J connectivity index is 1.97. The van der Waals surface area contributed by atoms with E-state index in [4.69, 9.17) is 0 Å². The molecule has 1 N–H and O–H groups in total. The van der Waals surface area contributed by atoms with Crippen LogP contribution in [0.3, 0.4) is 0 Å². The van der Waals surface area contributed by atoms with Gasteiger partial charge < -0.3 is 5.32 Å². The Bertz CT molecular complexity index is 839. The molecule has 5 nitrogen and oxygen atoms in total. The molecule has 0 aliphatic carbocycles. The Hall–Kier alpha value is -1.86. The first kappa shape index (κ1) is 21.4. The maximum atomic E-state index is 12.4. The predicted molar refractivity (Wildman–Crippen MR) is 113 cm³/mol. The highest BCUT2D eigenvalue weighted by molar-refractivity contribution is 9.10. The van der Waals surface area contributed by atoms with Gasteiger partial charge in [-0.1, -0.05) is 59.6 Å². The molecule has 0 spiro atoms. The van der Waals surface area contributed by atoms with Gasteiger partial charge in [0.2, 0.25) is 15.9 Å². The van der Waals surface area contributed by atoms with E-state index in [1.165, 1.54) is 5.56 Å². The molecule has 1 unspecified atom stereocenters. The minimum Gasteiger partial charge on any atom is -0.354 e. The van der Waals surface area contributed by atoms with Gasteiger partial charge in [0.15, 0.2) is 0 Å². The van der Waals surface area contributed by atoms with Crippen molar-refractivity contribution in [2.75, 3.05) is 23.7 Å². The Morgan fingerprint density at radius 1 is 1.11 bits per heavy atom. The summed E-state index contributed by atoms with van der Waals surface area (Å²) >= 11 is 3.32. The Morgan fingerprint density at radius 3 is 2.30 bits per heavy atom. The molecule has 0 aromatic heterocycles. The molecule has 0 aliphatic heterocycles. The molecule has 2 rings (SSSR count). The number of sulfonamides is 1. The number of hydrogen-bond donors (Lipinski definition) is 1. The van der Waals surface area contributed by atoms with Crippen molar-refractivity contribution in [2.45, 2.75) is 19.8 Å². The van der Waals surface area contributed by atoms with E-state index in [1.807, 2.05) is 18.2 Å². The van der Waals surface area contributed by atoms with Crippen molar-refractivity contribution in [3.63, 3.8) is 0 Å². The van der Waals surface area contributed by atoms with Crippen LogP contribution in [0.2, 0.25) is 0 Å². The molecule has 0 fully saturated rings. The molecule has 0 saturated heterocycles. The molecule has 1 amide bonds. The average Bonchev–Trinajstić information content (AvgIpc) is 2.64. The van der Waals surface area contributed by atoms with Crippen LogP contribution < -0.4 is 9.62 Å². The summed E-state index contributed by atoms with van der Waals surface area (Å²) in [5, 5.41) is 2.88. The number of hydrogen-bond acceptors (Lipinski definition) is 3. The number of nitrogens with zero attached hydrogens (tertiary/aromatic N) is 1. The predicted octanol–water partition coefficient (Wildman–Crippen LogP) is 3.60. The Morgan fingerprint density at radius 2 is 1.74 bits per heavy atom. The summed E-state index contributed by atoms with van der Waals surface area (Å²) in [5.41, 5.74) is 1.69. The maximum absolute atomic E-state index is 12.4. The molecule has 146 valence electrons. The van der Waals surface area contributed by atoms with E-state index < -0.39 is 10.0 Å². The van der Waals surface area contributed by atoms with Crippen molar-refractivity contribution < 1.29 is 13.2 Å². The molecule has 0 bridgehead atoms. The summed E-state index contributed by atoms with van der Waals surface area (Å²) in [7, 11) is -3.56. The smallest absolute Gasteiger partial charge is 0.240 e. The zero-order valence-electron chi connectivity index (χ0n) is 15.6. The van der Waals surface area contributed by atoms with Gasteiger partial charge in [-0.25, -0.2) is 8.42 Å². The fourth-order valence-electron chi connectivity index (χ4n) is 2.76. The van der Waals surface area contributed by atoms with E-state index >= 15 is 0 Å². The molecule has 2 aromatic rings. The highest BCUT2D eigenvalue weighted by Gasteiger charge is 2.21. The zero-order valence-corrected chi connectivity index (χ0v) is 18.0. The van der Waals surface area contributed by atoms with Crippen molar-refractivity contribution in [3.8, 4) is 0 Å². The zero-order chi connectivity index (χ0) is 19.9. The number of amides is 1. The number of nitrogens with one attached hydrogen (secondary N) is 1. The van der Waals surface area contributed by atoms with Gasteiger partial charge in [0.05, 0.1) is 11.9 Å². The molecule has 2 aromatic carbocycles. The fourth-order valence-corrected chi connectivity index (χ4v) is 3.88. The minimum absolute atomic E-state index is 0.234. The molecule has 0 heterocycles. The van der Waals surface area contributed by atoms with Gasteiger partial charge in [-0.2, -0.15) is 0 Å². The lowest BCUT2D eigenvalue weighted by Crippen LogP contribution is -2.41. The lowest BCUT2D eigenvalue weighted by atomic mass is 9.97. The average molecular weight is 453 g/mol. The second-order valence-corrected chi connectivity index (χ2v) is 9.34.